The molecule has 2 aliphatic rings. The van der Waals surface area contributed by atoms with Gasteiger partial charge in [0, 0.05) is 25.5 Å². The van der Waals surface area contributed by atoms with Crippen molar-refractivity contribution in [2.75, 3.05) is 19.8 Å². The third kappa shape index (κ3) is 3.77. The lowest BCUT2D eigenvalue weighted by atomic mass is 10.1. The molecule has 1 N–H and O–H groups in total. The number of aliphatic carboxylic acids is 1. The monoisotopic (exact) mass is 301 g/mol. The molecule has 7 heteroatoms. The van der Waals surface area contributed by atoms with Crippen LogP contribution in [-0.2, 0) is 14.3 Å². The summed E-state index contributed by atoms with van der Waals surface area (Å²) in [6.07, 6.45) is 3.33. The van der Waals surface area contributed by atoms with E-state index in [4.69, 9.17) is 22.1 Å². The molecule has 2 aliphatic heterocycles. The molecule has 2 heterocycles. The number of hydrogen-bond donors (Lipinski definition) is 1. The Morgan fingerprint density at radius 3 is 3.05 bits per heavy atom. The van der Waals surface area contributed by atoms with Crippen molar-refractivity contribution in [3.63, 3.8) is 0 Å². The summed E-state index contributed by atoms with van der Waals surface area (Å²) in [6.45, 7) is 1.76. The summed E-state index contributed by atoms with van der Waals surface area (Å²) < 4.78 is 5.79. The average molecular weight is 301 g/mol. The normalized spacial score (nSPS) is 25.6. The first kappa shape index (κ1) is 14.5. The van der Waals surface area contributed by atoms with Crippen LogP contribution in [0.5, 0.6) is 0 Å². The Labute approximate surface area is 121 Å². The second-order valence-electron chi connectivity index (χ2n) is 4.48. The summed E-state index contributed by atoms with van der Waals surface area (Å²) in [7, 11) is 0. The fraction of sp³-hybridized carbons (Fsp3) is 0.583. The van der Waals surface area contributed by atoms with Gasteiger partial charge in [0.1, 0.15) is 4.32 Å². The highest BCUT2D eigenvalue weighted by Crippen LogP contribution is 2.33. The molecule has 2 fully saturated rings. The first-order chi connectivity index (χ1) is 9.08. The first-order valence-corrected chi connectivity index (χ1v) is 7.35. The molecule has 0 bridgehead atoms. The summed E-state index contributed by atoms with van der Waals surface area (Å²) in [5.41, 5.74) is 0. The van der Waals surface area contributed by atoms with Crippen LogP contribution in [-0.4, -0.2) is 46.0 Å². The quantitative estimate of drug-likeness (QED) is 0.615. The fourth-order valence-electron chi connectivity index (χ4n) is 1.99. The standard InChI is InChI=1S/C12H15NO4S2/c14-10(15)2-1-4-13-11(16)9(19-12(13)18)6-8-3-5-17-7-8/h6,8H,1-5,7H2,(H,14,15)/b9-6-. The number of carboxylic acid groups (broad SMARTS) is 1. The predicted octanol–water partition coefficient (Wildman–Crippen LogP) is 1.63. The molecule has 0 aromatic heterocycles. The molecule has 1 unspecified atom stereocenters. The Kier molecular flexibility index (Phi) is 4.95. The van der Waals surface area contributed by atoms with E-state index in [-0.39, 0.29) is 18.2 Å². The van der Waals surface area contributed by atoms with Gasteiger partial charge in [-0.25, -0.2) is 0 Å². The van der Waals surface area contributed by atoms with Crippen LogP contribution >= 0.6 is 24.0 Å². The van der Waals surface area contributed by atoms with E-state index in [9.17, 15) is 9.59 Å². The number of carbonyl (C=O) groups is 2. The van der Waals surface area contributed by atoms with Crippen LogP contribution in [0.4, 0.5) is 0 Å². The van der Waals surface area contributed by atoms with Crippen molar-refractivity contribution in [1.29, 1.82) is 0 Å². The number of thiocarbonyl (C=S) groups is 1. The smallest absolute Gasteiger partial charge is 0.303 e. The maximum Gasteiger partial charge on any atom is 0.303 e. The minimum Gasteiger partial charge on any atom is -0.481 e. The fourth-order valence-corrected chi connectivity index (χ4v) is 3.37. The molecular formula is C12H15NO4S2. The largest absolute Gasteiger partial charge is 0.481 e. The Bertz CT molecular complexity index is 429. The maximum absolute atomic E-state index is 12.1. The highest BCUT2D eigenvalue weighted by Gasteiger charge is 2.32. The lowest BCUT2D eigenvalue weighted by Crippen LogP contribution is -2.29. The van der Waals surface area contributed by atoms with Crippen molar-refractivity contribution in [3.05, 3.63) is 11.0 Å². The molecule has 0 saturated carbocycles. The van der Waals surface area contributed by atoms with E-state index in [1.807, 2.05) is 6.08 Å². The third-order valence-electron chi connectivity index (χ3n) is 3.00. The molecule has 1 atom stereocenters. The SMILES string of the molecule is O=C(O)CCCN1C(=O)/C(=C/C2CCOC2)SC1=S. The summed E-state index contributed by atoms with van der Waals surface area (Å²) in [6, 6.07) is 0. The molecular weight excluding hydrogens is 286 g/mol. The molecule has 0 spiro atoms. The minimum absolute atomic E-state index is 0.0482. The third-order valence-corrected chi connectivity index (χ3v) is 4.39. The van der Waals surface area contributed by atoms with Crippen molar-refractivity contribution in [1.82, 2.24) is 4.90 Å². The van der Waals surface area contributed by atoms with Gasteiger partial charge in [0.15, 0.2) is 0 Å². The summed E-state index contributed by atoms with van der Waals surface area (Å²) in [5, 5.41) is 8.59. The van der Waals surface area contributed by atoms with E-state index in [0.29, 0.717) is 28.8 Å². The van der Waals surface area contributed by atoms with Gasteiger partial charge in [0.2, 0.25) is 0 Å². The van der Waals surface area contributed by atoms with E-state index in [2.05, 4.69) is 0 Å². The van der Waals surface area contributed by atoms with Gasteiger partial charge < -0.3 is 9.84 Å². The highest BCUT2D eigenvalue weighted by molar-refractivity contribution is 8.26. The van der Waals surface area contributed by atoms with Gasteiger partial charge in [-0.15, -0.1) is 0 Å². The highest BCUT2D eigenvalue weighted by atomic mass is 32.2. The Hall–Kier alpha value is -0.920. The number of thioether (sulfide) groups is 1. The van der Waals surface area contributed by atoms with Gasteiger partial charge in [-0.2, -0.15) is 0 Å². The molecule has 1 amide bonds. The van der Waals surface area contributed by atoms with Gasteiger partial charge in [-0.05, 0) is 12.8 Å². The summed E-state index contributed by atoms with van der Waals surface area (Å²) in [4.78, 5) is 24.7. The Balaban J connectivity index is 1.93. The molecule has 19 heavy (non-hydrogen) atoms. The van der Waals surface area contributed by atoms with Crippen LogP contribution in [0.1, 0.15) is 19.3 Å². The summed E-state index contributed by atoms with van der Waals surface area (Å²) >= 11 is 6.46. The predicted molar refractivity (Wildman–Crippen MR) is 75.8 cm³/mol. The molecule has 104 valence electrons. The van der Waals surface area contributed by atoms with Gasteiger partial charge in [0.05, 0.1) is 11.5 Å². The Morgan fingerprint density at radius 2 is 2.42 bits per heavy atom. The summed E-state index contributed by atoms with van der Waals surface area (Å²) in [5.74, 6) is -0.676. The molecule has 5 nitrogen and oxygen atoms in total. The zero-order valence-electron chi connectivity index (χ0n) is 10.3. The topological polar surface area (TPSA) is 66.8 Å². The minimum atomic E-state index is -0.857. The maximum atomic E-state index is 12.1. The van der Waals surface area contributed by atoms with Crippen molar-refractivity contribution >= 4 is 40.2 Å². The lowest BCUT2D eigenvalue weighted by Gasteiger charge is -2.13. The van der Waals surface area contributed by atoms with E-state index in [1.54, 1.807) is 0 Å². The van der Waals surface area contributed by atoms with Crippen LogP contribution in [0.2, 0.25) is 0 Å². The van der Waals surface area contributed by atoms with Crippen LogP contribution < -0.4 is 0 Å². The molecule has 0 aliphatic carbocycles. The number of rotatable bonds is 5. The lowest BCUT2D eigenvalue weighted by molar-refractivity contribution is -0.137. The van der Waals surface area contributed by atoms with Gasteiger partial charge in [-0.1, -0.05) is 30.1 Å². The molecule has 0 aromatic carbocycles. The Morgan fingerprint density at radius 1 is 1.63 bits per heavy atom. The van der Waals surface area contributed by atoms with Crippen molar-refractivity contribution in [3.8, 4) is 0 Å². The molecule has 2 rings (SSSR count). The van der Waals surface area contributed by atoms with Crippen molar-refractivity contribution in [2.24, 2.45) is 5.92 Å². The van der Waals surface area contributed by atoms with Gasteiger partial charge in [-0.3, -0.25) is 14.5 Å². The second-order valence-corrected chi connectivity index (χ2v) is 6.15. The zero-order valence-corrected chi connectivity index (χ0v) is 12.0. The number of carboxylic acids is 1. The number of nitrogens with zero attached hydrogens (tertiary/aromatic N) is 1. The van der Waals surface area contributed by atoms with E-state index in [1.165, 1.54) is 16.7 Å². The van der Waals surface area contributed by atoms with Gasteiger partial charge >= 0.3 is 5.97 Å². The zero-order chi connectivity index (χ0) is 13.8. The van der Waals surface area contributed by atoms with Crippen LogP contribution in [0.25, 0.3) is 0 Å². The second kappa shape index (κ2) is 6.49. The number of amides is 1. The number of hydrogen-bond acceptors (Lipinski definition) is 5. The van der Waals surface area contributed by atoms with E-state index < -0.39 is 5.97 Å². The van der Waals surface area contributed by atoms with Crippen molar-refractivity contribution in [2.45, 2.75) is 19.3 Å². The van der Waals surface area contributed by atoms with Crippen molar-refractivity contribution < 1.29 is 19.4 Å². The average Bonchev–Trinajstić information content (AvgIpc) is 2.93. The van der Waals surface area contributed by atoms with Crippen LogP contribution in [0.3, 0.4) is 0 Å². The molecule has 0 radical (unpaired) electrons. The van der Waals surface area contributed by atoms with Gasteiger partial charge in [0.25, 0.3) is 5.91 Å². The first-order valence-electron chi connectivity index (χ1n) is 6.13. The number of ether oxygens (including phenoxy) is 1. The van der Waals surface area contributed by atoms with Crippen LogP contribution in [0, 0.1) is 5.92 Å². The molecule has 2 saturated heterocycles. The molecule has 0 aromatic rings. The van der Waals surface area contributed by atoms with E-state index in [0.717, 1.165) is 13.0 Å². The van der Waals surface area contributed by atoms with E-state index >= 15 is 0 Å². The number of carbonyl (C=O) groups excluding carboxylic acids is 1. The van der Waals surface area contributed by atoms with Crippen LogP contribution in [0.15, 0.2) is 11.0 Å².